The lowest BCUT2D eigenvalue weighted by Crippen LogP contribution is -2.16. The van der Waals surface area contributed by atoms with Crippen molar-refractivity contribution < 1.29 is 84.4 Å². The second-order valence-corrected chi connectivity index (χ2v) is 18.7. The molecule has 4 atom stereocenters. The molecule has 75 heavy (non-hydrogen) atoms. The van der Waals surface area contributed by atoms with Crippen molar-refractivity contribution in [3.63, 3.8) is 0 Å². The lowest BCUT2D eigenvalue weighted by molar-refractivity contribution is -0.122. The summed E-state index contributed by atoms with van der Waals surface area (Å²) in [7, 11) is -2.26. The summed E-state index contributed by atoms with van der Waals surface area (Å²) in [5.41, 5.74) is 2.05. The van der Waals surface area contributed by atoms with Gasteiger partial charge in [-0.2, -0.15) is 20.0 Å². The van der Waals surface area contributed by atoms with E-state index < -0.39 is 25.5 Å². The summed E-state index contributed by atoms with van der Waals surface area (Å²) in [5, 5.41) is 23.7. The maximum atomic E-state index is 13.6. The van der Waals surface area contributed by atoms with Crippen LogP contribution in [0, 0.1) is 17.5 Å². The fourth-order valence-electron chi connectivity index (χ4n) is 6.85. The molecule has 0 spiro atoms. The van der Waals surface area contributed by atoms with Crippen LogP contribution in [0.5, 0.6) is 5.75 Å². The Labute approximate surface area is 438 Å². The molecule has 29 heteroatoms. The van der Waals surface area contributed by atoms with Crippen LogP contribution in [0.15, 0.2) is 48.8 Å². The van der Waals surface area contributed by atoms with E-state index in [1.165, 1.54) is 0 Å². The van der Waals surface area contributed by atoms with Crippen LogP contribution >= 0.6 is 28.4 Å². The number of fused-ring (bicyclic) bond motifs is 1. The van der Waals surface area contributed by atoms with Crippen LogP contribution in [0.25, 0.3) is 11.0 Å². The van der Waals surface area contributed by atoms with E-state index in [-0.39, 0.29) is 64.0 Å². The van der Waals surface area contributed by atoms with E-state index in [9.17, 15) is 17.7 Å². The van der Waals surface area contributed by atoms with Gasteiger partial charge in [0.1, 0.15) is 41.3 Å². The molecular weight excluding hydrogens is 1060 g/mol. The molecule has 1 saturated heterocycles. The topological polar surface area (TPSA) is 262 Å². The Bertz CT molecular complexity index is 2380. The van der Waals surface area contributed by atoms with E-state index in [2.05, 4.69) is 30.7 Å². The molecule has 0 radical (unpaired) electrons. The van der Waals surface area contributed by atoms with Crippen molar-refractivity contribution >= 4 is 51.8 Å². The smallest absolute Gasteiger partial charge is 0.491 e. The van der Waals surface area contributed by atoms with E-state index in [0.717, 1.165) is 12.0 Å². The standard InChI is InChI=1S/C45H60ClF3N8O13P2.CH2O2/c46-45-52-43(39-28-51-57(44(39)53-45)42-6-5-37(70-42)31-69-71-32-72(58)59)50-27-33-1-3-36(4-2-33)68-24-23-66-20-19-64-17-18-65-21-22-67-30-35-29-56(55-54-35)8-10-61-12-14-63-16-15-62-13-11-60-9-7-38-40(48)25-34(47)26-41(38)49;2-1-3/h1-4,25-26,28-29,37,42,71H,5-24,27,30-32H2,(H-,50,52,53,58,59);1H,(H,2,3)/p+1. The Morgan fingerprint density at radius 2 is 1.40 bits per heavy atom. The zero-order chi connectivity index (χ0) is 53.3. The number of carbonyl (C=O) groups is 1. The molecule has 0 aliphatic carbocycles. The van der Waals surface area contributed by atoms with Gasteiger partial charge >= 0.3 is 8.03 Å². The van der Waals surface area contributed by atoms with Gasteiger partial charge < -0.3 is 62.3 Å². The molecule has 23 nitrogen and oxygen atoms in total. The molecule has 0 saturated carbocycles. The SMILES string of the molecule is O=CO.O=[P+](O)CPOCC1CCC(n2ncc3c(NCc4ccc(OCCOCCOCCOCCOCc5cn(CCOCCOCCOCCOCCc6c(F)cc(F)cc6F)nn5)cc4)nc(Cl)nc32)O1. The number of ether oxygens (including phenoxy) is 10. The molecule has 1 fully saturated rings. The number of benzene rings is 2. The quantitative estimate of drug-likeness (QED) is 0.0183. The average Bonchev–Trinajstić information content (AvgIpc) is 4.17. The highest BCUT2D eigenvalue weighted by atomic mass is 35.5. The number of rotatable bonds is 39. The fourth-order valence-corrected chi connectivity index (χ4v) is 8.13. The third kappa shape index (κ3) is 24.1. The molecule has 1 aliphatic heterocycles. The molecule has 2 aromatic carbocycles. The van der Waals surface area contributed by atoms with Gasteiger partial charge in [-0.05, 0) is 46.7 Å². The Balaban J connectivity index is 0.00000338. The monoisotopic (exact) mass is 1120 g/mol. The zero-order valence-corrected chi connectivity index (χ0v) is 43.8. The highest BCUT2D eigenvalue weighted by molar-refractivity contribution is 7.53. The summed E-state index contributed by atoms with van der Waals surface area (Å²) in [4.78, 5) is 26.1. The molecular formula is C46H63ClF3N8O15P2+. The van der Waals surface area contributed by atoms with Crippen molar-refractivity contribution in [2.24, 2.45) is 0 Å². The van der Waals surface area contributed by atoms with Crippen LogP contribution in [0.3, 0.4) is 0 Å². The van der Waals surface area contributed by atoms with Crippen LogP contribution in [-0.2, 0) is 82.6 Å². The molecule has 6 rings (SSSR count). The number of halogens is 4. The molecule has 3 aromatic heterocycles. The minimum atomic E-state index is -2.21. The first-order valence-electron chi connectivity index (χ1n) is 23.9. The van der Waals surface area contributed by atoms with Crippen molar-refractivity contribution in [2.75, 3.05) is 124 Å². The molecule has 1 aliphatic rings. The third-order valence-electron chi connectivity index (χ3n) is 10.4. The number of nitrogens with one attached hydrogen (secondary N) is 1. The normalized spacial score (nSPS) is 14.7. The Kier molecular flexibility index (Phi) is 29.7. The Morgan fingerprint density at radius 1 is 0.813 bits per heavy atom. The molecule has 4 heterocycles. The van der Waals surface area contributed by atoms with Crippen molar-refractivity contribution in [3.05, 3.63) is 88.3 Å². The minimum Gasteiger partial charge on any atom is -0.491 e. The molecule has 4 unspecified atom stereocenters. The van der Waals surface area contributed by atoms with Gasteiger partial charge in [0.05, 0.1) is 152 Å². The molecule has 414 valence electrons. The zero-order valence-electron chi connectivity index (χ0n) is 41.1. The van der Waals surface area contributed by atoms with Crippen molar-refractivity contribution in [1.29, 1.82) is 0 Å². The summed E-state index contributed by atoms with van der Waals surface area (Å²) in [5.74, 6) is -1.42. The highest BCUT2D eigenvalue weighted by Gasteiger charge is 2.30. The van der Waals surface area contributed by atoms with Gasteiger partial charge in [-0.1, -0.05) is 17.3 Å². The van der Waals surface area contributed by atoms with Crippen LogP contribution in [0.4, 0.5) is 19.0 Å². The Morgan fingerprint density at radius 3 is 2.03 bits per heavy atom. The average molecular weight is 1120 g/mol. The molecule has 0 amide bonds. The number of hydrogen-bond acceptors (Lipinski definition) is 19. The summed E-state index contributed by atoms with van der Waals surface area (Å²) in [6.07, 6.45) is 4.46. The summed E-state index contributed by atoms with van der Waals surface area (Å²) in [6, 6.07) is 9.00. The van der Waals surface area contributed by atoms with Crippen LogP contribution < -0.4 is 10.1 Å². The highest BCUT2D eigenvalue weighted by Crippen LogP contribution is 2.34. The first-order chi connectivity index (χ1) is 36.6. The van der Waals surface area contributed by atoms with E-state index in [1.807, 2.05) is 24.3 Å². The largest absolute Gasteiger partial charge is 0.512 e. The van der Waals surface area contributed by atoms with E-state index in [1.54, 1.807) is 21.8 Å². The van der Waals surface area contributed by atoms with Gasteiger partial charge in [0.2, 0.25) is 11.2 Å². The second kappa shape index (κ2) is 36.4. The molecule has 0 bridgehead atoms. The van der Waals surface area contributed by atoms with Gasteiger partial charge in [0.25, 0.3) is 6.47 Å². The third-order valence-corrected chi connectivity index (χ3v) is 12.5. The van der Waals surface area contributed by atoms with Crippen LogP contribution in [0.1, 0.15) is 35.9 Å². The Hall–Kier alpha value is -4.63. The molecule has 5 aromatic rings. The number of nitrogens with zero attached hydrogens (tertiary/aromatic N) is 7. The van der Waals surface area contributed by atoms with Crippen molar-refractivity contribution in [3.8, 4) is 5.75 Å². The second-order valence-electron chi connectivity index (χ2n) is 15.8. The van der Waals surface area contributed by atoms with Crippen LogP contribution in [0.2, 0.25) is 5.28 Å². The predicted molar refractivity (Wildman–Crippen MR) is 266 cm³/mol. The maximum absolute atomic E-state index is 13.6. The number of anilines is 1. The van der Waals surface area contributed by atoms with Gasteiger partial charge in [0.15, 0.2) is 11.9 Å². The number of carboxylic acid groups (broad SMARTS) is 1. The first-order valence-corrected chi connectivity index (χ1v) is 26.7. The van der Waals surface area contributed by atoms with Crippen molar-refractivity contribution in [2.45, 2.75) is 51.3 Å². The van der Waals surface area contributed by atoms with Gasteiger partial charge in [-0.3, -0.25) is 4.79 Å². The maximum Gasteiger partial charge on any atom is 0.512 e. The van der Waals surface area contributed by atoms with E-state index in [0.29, 0.717) is 166 Å². The fraction of sp³-hybridized carbons (Fsp3) is 0.565. The van der Waals surface area contributed by atoms with E-state index in [4.69, 9.17) is 78.3 Å². The predicted octanol–water partition coefficient (Wildman–Crippen LogP) is 5.74. The van der Waals surface area contributed by atoms with Gasteiger partial charge in [-0.25, -0.2) is 22.5 Å². The lowest BCUT2D eigenvalue weighted by atomic mass is 10.1. The van der Waals surface area contributed by atoms with Gasteiger partial charge in [0, 0.05) is 30.7 Å². The summed E-state index contributed by atoms with van der Waals surface area (Å²) < 4.78 is 116. The van der Waals surface area contributed by atoms with Gasteiger partial charge in [-0.15, -0.1) is 5.10 Å². The molecule has 3 N–H and O–H groups in total. The number of aromatic nitrogens is 7. The van der Waals surface area contributed by atoms with E-state index >= 15 is 0 Å². The minimum absolute atomic E-state index is 0.00439. The first kappa shape index (κ1) is 61.2. The lowest BCUT2D eigenvalue weighted by Gasteiger charge is -2.14. The summed E-state index contributed by atoms with van der Waals surface area (Å²) in [6.45, 7) is 7.32. The van der Waals surface area contributed by atoms with Crippen molar-refractivity contribution in [1.82, 2.24) is 34.7 Å². The number of hydrogen-bond donors (Lipinski definition) is 3. The summed E-state index contributed by atoms with van der Waals surface area (Å²) >= 11 is 6.31. The van der Waals surface area contributed by atoms with Crippen LogP contribution in [-0.4, -0.2) is 176 Å².